The Labute approximate surface area is 184 Å². The summed E-state index contributed by atoms with van der Waals surface area (Å²) >= 11 is 0. The normalized spacial score (nSPS) is 12.2. The molecule has 1 atom stereocenters. The van der Waals surface area contributed by atoms with Crippen molar-refractivity contribution in [1.29, 1.82) is 0 Å². The second-order valence-electron chi connectivity index (χ2n) is 7.51. The fourth-order valence-electron chi connectivity index (χ4n) is 3.43. The summed E-state index contributed by atoms with van der Waals surface area (Å²) in [5.74, 6) is -0.363. The molecule has 3 aromatic carbocycles. The molecule has 5 nitrogen and oxygen atoms in total. The molecule has 0 saturated carbocycles. The smallest absolute Gasteiger partial charge is 0.264 e. The Hall–Kier alpha value is -3.12. The second kappa shape index (κ2) is 9.79. The maximum Gasteiger partial charge on any atom is 0.264 e. The second-order valence-corrected chi connectivity index (χ2v) is 9.37. The molecule has 3 rings (SSSR count). The van der Waals surface area contributed by atoms with Crippen LogP contribution in [0.15, 0.2) is 83.8 Å². The van der Waals surface area contributed by atoms with Crippen molar-refractivity contribution in [2.45, 2.75) is 38.1 Å². The van der Waals surface area contributed by atoms with Gasteiger partial charge in [-0.15, -0.1) is 0 Å². The van der Waals surface area contributed by atoms with E-state index >= 15 is 0 Å². The molecule has 0 aliphatic carbocycles. The van der Waals surface area contributed by atoms with E-state index in [4.69, 9.17) is 0 Å². The summed E-state index contributed by atoms with van der Waals surface area (Å²) in [6, 6.07) is 23.3. The maximum atomic E-state index is 13.5. The maximum absolute atomic E-state index is 13.5. The molecule has 1 N–H and O–H groups in total. The van der Waals surface area contributed by atoms with E-state index in [1.54, 1.807) is 36.4 Å². The van der Waals surface area contributed by atoms with Crippen LogP contribution in [0.1, 0.15) is 36.6 Å². The Balaban J connectivity index is 1.94. The van der Waals surface area contributed by atoms with E-state index in [9.17, 15) is 13.2 Å². The molecule has 0 aliphatic heterocycles. The molecule has 0 aliphatic rings. The highest BCUT2D eigenvalue weighted by atomic mass is 32.2. The molecule has 162 valence electrons. The van der Waals surface area contributed by atoms with Crippen molar-refractivity contribution in [3.05, 3.63) is 95.6 Å². The summed E-state index contributed by atoms with van der Waals surface area (Å²) in [6.07, 6.45) is 0.651. The minimum atomic E-state index is -3.93. The van der Waals surface area contributed by atoms with Crippen molar-refractivity contribution >= 4 is 21.6 Å². The van der Waals surface area contributed by atoms with Crippen molar-refractivity contribution in [3.8, 4) is 0 Å². The molecule has 6 heteroatoms. The highest BCUT2D eigenvalue weighted by Crippen LogP contribution is 2.28. The van der Waals surface area contributed by atoms with Crippen LogP contribution in [0.2, 0.25) is 0 Å². The third-order valence-electron chi connectivity index (χ3n) is 5.21. The molecular weight excluding hydrogens is 408 g/mol. The monoisotopic (exact) mass is 436 g/mol. The Morgan fingerprint density at radius 2 is 1.55 bits per heavy atom. The summed E-state index contributed by atoms with van der Waals surface area (Å²) < 4.78 is 28.3. The Bertz CT molecular complexity index is 1130. The van der Waals surface area contributed by atoms with Crippen molar-refractivity contribution in [2.75, 3.05) is 10.8 Å². The largest absolute Gasteiger partial charge is 0.348 e. The van der Waals surface area contributed by atoms with E-state index in [-0.39, 0.29) is 23.4 Å². The number of nitrogens with zero attached hydrogens (tertiary/aromatic N) is 1. The highest BCUT2D eigenvalue weighted by molar-refractivity contribution is 7.92. The van der Waals surface area contributed by atoms with Crippen LogP contribution in [-0.2, 0) is 21.2 Å². The number of carbonyl (C=O) groups is 1. The Morgan fingerprint density at radius 1 is 0.935 bits per heavy atom. The predicted molar refractivity (Wildman–Crippen MR) is 125 cm³/mol. The van der Waals surface area contributed by atoms with Crippen LogP contribution in [-0.4, -0.2) is 20.9 Å². The third-order valence-corrected chi connectivity index (χ3v) is 6.99. The summed E-state index contributed by atoms with van der Waals surface area (Å²) in [5, 5.41) is 2.92. The predicted octanol–water partition coefficient (Wildman–Crippen LogP) is 4.63. The fraction of sp³-hybridized carbons (Fsp3) is 0.240. The third kappa shape index (κ3) is 5.33. The van der Waals surface area contributed by atoms with Crippen LogP contribution in [0.3, 0.4) is 0 Å². The number of carbonyl (C=O) groups excluding carboxylic acids is 1. The fourth-order valence-corrected chi connectivity index (χ4v) is 4.89. The minimum Gasteiger partial charge on any atom is -0.348 e. The van der Waals surface area contributed by atoms with Crippen LogP contribution >= 0.6 is 0 Å². The van der Waals surface area contributed by atoms with Gasteiger partial charge in [0.15, 0.2) is 0 Å². The molecule has 3 aromatic rings. The molecule has 0 bridgehead atoms. The lowest BCUT2D eigenvalue weighted by Crippen LogP contribution is -2.42. The topological polar surface area (TPSA) is 66.5 Å². The van der Waals surface area contributed by atoms with Crippen LogP contribution in [0.5, 0.6) is 0 Å². The van der Waals surface area contributed by atoms with E-state index < -0.39 is 10.0 Å². The van der Waals surface area contributed by atoms with E-state index in [0.29, 0.717) is 12.1 Å². The van der Waals surface area contributed by atoms with Gasteiger partial charge in [0, 0.05) is 0 Å². The summed E-state index contributed by atoms with van der Waals surface area (Å²) in [5.41, 5.74) is 3.31. The molecule has 0 spiro atoms. The first-order chi connectivity index (χ1) is 14.8. The van der Waals surface area contributed by atoms with Gasteiger partial charge in [0.2, 0.25) is 5.91 Å². The number of rotatable bonds is 8. The number of benzene rings is 3. The lowest BCUT2D eigenvalue weighted by atomic mass is 10.1. The first-order valence-electron chi connectivity index (χ1n) is 10.3. The van der Waals surface area contributed by atoms with Gasteiger partial charge < -0.3 is 5.32 Å². The van der Waals surface area contributed by atoms with E-state index in [1.165, 1.54) is 4.31 Å². The number of hydrogen-bond acceptors (Lipinski definition) is 3. The summed E-state index contributed by atoms with van der Waals surface area (Å²) in [7, 11) is -3.93. The number of aryl methyl sites for hydroxylation is 2. The number of nitrogens with one attached hydrogen (secondary N) is 1. The molecule has 0 heterocycles. The summed E-state index contributed by atoms with van der Waals surface area (Å²) in [6.45, 7) is 5.45. The lowest BCUT2D eigenvalue weighted by Gasteiger charge is -2.27. The standard InChI is InChI=1S/C25H28N2O3S/c1-4-21-10-8-9-13-24(21)27(31(29,30)23-16-14-19(2)15-17-23)18-25(28)26-20(3)22-11-6-5-7-12-22/h5-17,20H,4,18H2,1-3H3,(H,26,28)/t20-/m0/s1. The van der Waals surface area contributed by atoms with Crippen molar-refractivity contribution in [2.24, 2.45) is 0 Å². The van der Waals surface area contributed by atoms with Crippen LogP contribution in [0.25, 0.3) is 0 Å². The van der Waals surface area contributed by atoms with Gasteiger partial charge in [-0.1, -0.05) is 73.2 Å². The number of para-hydroxylation sites is 1. The number of hydrogen-bond donors (Lipinski definition) is 1. The van der Waals surface area contributed by atoms with Crippen LogP contribution in [0, 0.1) is 6.92 Å². The molecule has 1 amide bonds. The van der Waals surface area contributed by atoms with Gasteiger partial charge >= 0.3 is 0 Å². The SMILES string of the molecule is CCc1ccccc1N(CC(=O)N[C@@H](C)c1ccccc1)S(=O)(=O)c1ccc(C)cc1. The van der Waals surface area contributed by atoms with Crippen LogP contribution in [0.4, 0.5) is 5.69 Å². The van der Waals surface area contributed by atoms with Gasteiger partial charge in [0.25, 0.3) is 10.0 Å². The number of anilines is 1. The first kappa shape index (κ1) is 22.6. The van der Waals surface area contributed by atoms with Crippen molar-refractivity contribution in [1.82, 2.24) is 5.32 Å². The average Bonchev–Trinajstić information content (AvgIpc) is 2.78. The van der Waals surface area contributed by atoms with Crippen molar-refractivity contribution in [3.63, 3.8) is 0 Å². The lowest BCUT2D eigenvalue weighted by molar-refractivity contribution is -0.120. The zero-order valence-electron chi connectivity index (χ0n) is 18.1. The van der Waals surface area contributed by atoms with Crippen molar-refractivity contribution < 1.29 is 13.2 Å². The minimum absolute atomic E-state index is 0.160. The first-order valence-corrected chi connectivity index (χ1v) is 11.8. The molecule has 31 heavy (non-hydrogen) atoms. The number of amides is 1. The van der Waals surface area contributed by atoms with Gasteiger partial charge in [0.1, 0.15) is 6.54 Å². The van der Waals surface area contributed by atoms with Crippen LogP contribution < -0.4 is 9.62 Å². The van der Waals surface area contributed by atoms with E-state index in [2.05, 4.69) is 5.32 Å². The summed E-state index contributed by atoms with van der Waals surface area (Å²) in [4.78, 5) is 13.1. The molecular formula is C25H28N2O3S. The highest BCUT2D eigenvalue weighted by Gasteiger charge is 2.29. The van der Waals surface area contributed by atoms with Gasteiger partial charge in [-0.2, -0.15) is 0 Å². The molecule has 0 fully saturated rings. The number of sulfonamides is 1. The Morgan fingerprint density at radius 3 is 2.19 bits per heavy atom. The van der Waals surface area contributed by atoms with Gasteiger partial charge in [-0.05, 0) is 49.6 Å². The quantitative estimate of drug-likeness (QED) is 0.560. The average molecular weight is 437 g/mol. The van der Waals surface area contributed by atoms with Gasteiger partial charge in [-0.25, -0.2) is 8.42 Å². The van der Waals surface area contributed by atoms with Gasteiger partial charge in [0.05, 0.1) is 16.6 Å². The van der Waals surface area contributed by atoms with E-state index in [0.717, 1.165) is 16.7 Å². The van der Waals surface area contributed by atoms with E-state index in [1.807, 2.05) is 63.2 Å². The molecule has 0 unspecified atom stereocenters. The Kier molecular flexibility index (Phi) is 7.13. The zero-order valence-corrected chi connectivity index (χ0v) is 18.9. The zero-order chi connectivity index (χ0) is 22.4. The molecule has 0 aromatic heterocycles. The molecule has 0 saturated heterocycles. The van der Waals surface area contributed by atoms with Gasteiger partial charge in [-0.3, -0.25) is 9.10 Å². The molecule has 0 radical (unpaired) electrons.